The average molecular weight is 443 g/mol. The van der Waals surface area contributed by atoms with Gasteiger partial charge in [-0.25, -0.2) is 8.42 Å². The van der Waals surface area contributed by atoms with E-state index in [1.54, 1.807) is 19.1 Å². The minimum Gasteiger partial charge on any atom is -0.497 e. The molecule has 7 nitrogen and oxygen atoms in total. The number of rotatable bonds is 6. The van der Waals surface area contributed by atoms with Crippen molar-refractivity contribution in [3.05, 3.63) is 39.4 Å². The third-order valence-corrected chi connectivity index (χ3v) is 7.21. The van der Waals surface area contributed by atoms with Crippen LogP contribution in [0.2, 0.25) is 5.02 Å². The molecule has 0 radical (unpaired) electrons. The van der Waals surface area contributed by atoms with Gasteiger partial charge < -0.3 is 14.0 Å². The molecule has 2 aromatic heterocycles. The Morgan fingerprint density at radius 3 is 2.43 bits per heavy atom. The molecule has 0 saturated heterocycles. The molecule has 1 aromatic carbocycles. The van der Waals surface area contributed by atoms with E-state index in [-0.39, 0.29) is 21.4 Å². The monoisotopic (exact) mass is 442 g/mol. The Morgan fingerprint density at radius 2 is 1.86 bits per heavy atom. The molecule has 0 fully saturated rings. The number of benzene rings is 1. The number of nitrogens with one attached hydrogen (secondary N) is 1. The van der Waals surface area contributed by atoms with Gasteiger partial charge in [0.05, 0.1) is 29.8 Å². The Morgan fingerprint density at radius 1 is 1.14 bits per heavy atom. The van der Waals surface area contributed by atoms with Gasteiger partial charge in [-0.1, -0.05) is 16.8 Å². The van der Waals surface area contributed by atoms with Crippen molar-refractivity contribution in [1.29, 1.82) is 0 Å². The summed E-state index contributed by atoms with van der Waals surface area (Å²) in [5, 5.41) is 4.09. The molecule has 0 bridgehead atoms. The normalized spacial score (nSPS) is 11.5. The maximum absolute atomic E-state index is 13.0. The van der Waals surface area contributed by atoms with Crippen LogP contribution in [-0.4, -0.2) is 27.8 Å². The van der Waals surface area contributed by atoms with Gasteiger partial charge in [0.15, 0.2) is 5.76 Å². The van der Waals surface area contributed by atoms with E-state index in [9.17, 15) is 8.42 Å². The van der Waals surface area contributed by atoms with Gasteiger partial charge >= 0.3 is 0 Å². The fourth-order valence-corrected chi connectivity index (χ4v) is 5.64. The van der Waals surface area contributed by atoms with Crippen molar-refractivity contribution in [2.24, 2.45) is 0 Å². The molecule has 0 aliphatic carbocycles. The number of hydrogen-bond acceptors (Lipinski definition) is 7. The minimum atomic E-state index is -3.92. The average Bonchev–Trinajstić information content (AvgIpc) is 3.19. The van der Waals surface area contributed by atoms with Gasteiger partial charge in [-0.3, -0.25) is 4.72 Å². The molecular weight excluding hydrogens is 424 g/mol. The zero-order valence-corrected chi connectivity index (χ0v) is 18.3. The molecule has 0 aliphatic rings. The van der Waals surface area contributed by atoms with E-state index in [2.05, 4.69) is 9.88 Å². The molecule has 0 amide bonds. The van der Waals surface area contributed by atoms with Crippen LogP contribution >= 0.6 is 22.9 Å². The van der Waals surface area contributed by atoms with Gasteiger partial charge in [-0.2, -0.15) is 0 Å². The van der Waals surface area contributed by atoms with Crippen LogP contribution in [0.5, 0.6) is 11.5 Å². The van der Waals surface area contributed by atoms with Crippen molar-refractivity contribution >= 4 is 38.6 Å². The number of anilines is 1. The fraction of sp³-hybridized carbons (Fsp3) is 0.278. The number of sulfonamides is 1. The van der Waals surface area contributed by atoms with Gasteiger partial charge in [0.2, 0.25) is 0 Å². The topological polar surface area (TPSA) is 90.7 Å². The van der Waals surface area contributed by atoms with Crippen LogP contribution in [0.25, 0.3) is 10.6 Å². The molecular formula is C18H19ClN2O5S2. The molecule has 3 aromatic rings. The first-order chi connectivity index (χ1) is 13.2. The molecule has 10 heteroatoms. The molecule has 2 heterocycles. The maximum Gasteiger partial charge on any atom is 0.263 e. The SMILES string of the molecule is COc1cc(Cl)c(NS(=O)(=O)c2cc(-c3onc(C)c3C)sc2C)c(OC)c1. The number of aryl methyl sites for hydroxylation is 2. The Balaban J connectivity index is 2.02. The van der Waals surface area contributed by atoms with Crippen molar-refractivity contribution in [3.8, 4) is 22.1 Å². The zero-order chi connectivity index (χ0) is 20.6. The van der Waals surface area contributed by atoms with Crippen LogP contribution in [-0.2, 0) is 10.0 Å². The van der Waals surface area contributed by atoms with Gasteiger partial charge in [0.1, 0.15) is 22.1 Å². The molecule has 0 atom stereocenters. The summed E-state index contributed by atoms with van der Waals surface area (Å²) in [5.74, 6) is 1.27. The number of aromatic nitrogens is 1. The summed E-state index contributed by atoms with van der Waals surface area (Å²) in [4.78, 5) is 1.43. The zero-order valence-electron chi connectivity index (χ0n) is 15.9. The number of hydrogen-bond donors (Lipinski definition) is 1. The van der Waals surface area contributed by atoms with Crippen LogP contribution < -0.4 is 14.2 Å². The molecule has 0 unspecified atom stereocenters. The van der Waals surface area contributed by atoms with Gasteiger partial charge in [-0.05, 0) is 26.8 Å². The highest BCUT2D eigenvalue weighted by Gasteiger charge is 2.25. The summed E-state index contributed by atoms with van der Waals surface area (Å²) in [6.07, 6.45) is 0. The van der Waals surface area contributed by atoms with Crippen LogP contribution in [0.3, 0.4) is 0 Å². The highest BCUT2D eigenvalue weighted by Crippen LogP contribution is 2.40. The summed E-state index contributed by atoms with van der Waals surface area (Å²) >= 11 is 7.56. The van der Waals surface area contributed by atoms with Gasteiger partial charge in [0, 0.05) is 22.6 Å². The Kier molecular flexibility index (Phi) is 5.60. The van der Waals surface area contributed by atoms with E-state index < -0.39 is 10.0 Å². The molecule has 1 N–H and O–H groups in total. The third kappa shape index (κ3) is 3.69. The summed E-state index contributed by atoms with van der Waals surface area (Å²) < 4.78 is 44.3. The smallest absolute Gasteiger partial charge is 0.263 e. The van der Waals surface area contributed by atoms with E-state index in [1.165, 1.54) is 31.6 Å². The van der Waals surface area contributed by atoms with Crippen molar-refractivity contribution in [1.82, 2.24) is 5.16 Å². The molecule has 3 rings (SSSR count). The Bertz CT molecular complexity index is 1140. The first-order valence-corrected chi connectivity index (χ1v) is 10.8. The predicted octanol–water partition coefficient (Wildman–Crippen LogP) is 4.80. The highest BCUT2D eigenvalue weighted by molar-refractivity contribution is 7.93. The molecule has 0 spiro atoms. The second-order valence-corrected chi connectivity index (χ2v) is 9.36. The minimum absolute atomic E-state index is 0.134. The third-order valence-electron chi connectivity index (χ3n) is 4.26. The molecule has 0 saturated carbocycles. The number of methoxy groups -OCH3 is 2. The lowest BCUT2D eigenvalue weighted by Crippen LogP contribution is -2.14. The van der Waals surface area contributed by atoms with Crippen LogP contribution in [0.1, 0.15) is 16.1 Å². The standard InChI is InChI=1S/C18H19ClN2O5S2/c1-9-10(2)20-26-18(9)15-8-16(11(3)27-15)28(22,23)21-17-13(19)6-12(24-4)7-14(17)25-5/h6-8,21H,1-5H3. The highest BCUT2D eigenvalue weighted by atomic mass is 35.5. The Hall–Kier alpha value is -2.23. The van der Waals surface area contributed by atoms with Crippen molar-refractivity contribution in [3.63, 3.8) is 0 Å². The molecule has 150 valence electrons. The number of nitrogens with zero attached hydrogens (tertiary/aromatic N) is 1. The quantitative estimate of drug-likeness (QED) is 0.589. The number of halogens is 1. The van der Waals surface area contributed by atoms with Crippen LogP contribution in [0.4, 0.5) is 5.69 Å². The van der Waals surface area contributed by atoms with Gasteiger partial charge in [0.25, 0.3) is 10.0 Å². The summed E-state index contributed by atoms with van der Waals surface area (Å²) in [5.41, 5.74) is 1.78. The second-order valence-electron chi connectivity index (χ2n) is 6.05. The van der Waals surface area contributed by atoms with E-state index in [1.807, 2.05) is 13.8 Å². The number of thiophene rings is 1. The van der Waals surface area contributed by atoms with E-state index >= 15 is 0 Å². The lowest BCUT2D eigenvalue weighted by atomic mass is 10.2. The van der Waals surface area contributed by atoms with Crippen LogP contribution in [0, 0.1) is 20.8 Å². The number of ether oxygens (including phenoxy) is 2. The molecule has 0 aliphatic heterocycles. The summed E-state index contributed by atoms with van der Waals surface area (Å²) in [7, 11) is -1.01. The van der Waals surface area contributed by atoms with Crippen molar-refractivity contribution < 1.29 is 22.4 Å². The maximum atomic E-state index is 13.0. The summed E-state index contributed by atoms with van der Waals surface area (Å²) in [6.45, 7) is 5.44. The van der Waals surface area contributed by atoms with E-state index in [4.69, 9.17) is 25.6 Å². The lowest BCUT2D eigenvalue weighted by molar-refractivity contribution is 0.395. The van der Waals surface area contributed by atoms with Crippen molar-refractivity contribution in [2.75, 3.05) is 18.9 Å². The van der Waals surface area contributed by atoms with Crippen LogP contribution in [0.15, 0.2) is 27.6 Å². The predicted molar refractivity (Wildman–Crippen MR) is 109 cm³/mol. The molecule has 28 heavy (non-hydrogen) atoms. The van der Waals surface area contributed by atoms with Crippen molar-refractivity contribution in [2.45, 2.75) is 25.7 Å². The lowest BCUT2D eigenvalue weighted by Gasteiger charge is -2.14. The van der Waals surface area contributed by atoms with Gasteiger partial charge in [-0.15, -0.1) is 11.3 Å². The first-order valence-electron chi connectivity index (χ1n) is 8.16. The van der Waals surface area contributed by atoms with E-state index in [0.717, 1.165) is 11.3 Å². The first kappa shape index (κ1) is 20.5. The fourth-order valence-electron chi connectivity index (χ4n) is 2.61. The Labute approximate surface area is 172 Å². The summed E-state index contributed by atoms with van der Waals surface area (Å²) in [6, 6.07) is 4.63. The largest absolute Gasteiger partial charge is 0.497 e. The second kappa shape index (κ2) is 7.65. The van der Waals surface area contributed by atoms with E-state index in [0.29, 0.717) is 21.3 Å².